The maximum absolute atomic E-state index is 5.75. The van der Waals surface area contributed by atoms with Crippen LogP contribution in [0, 0.1) is 0 Å². The minimum Gasteiger partial charge on any atom is -0.360 e. The van der Waals surface area contributed by atoms with Crippen molar-refractivity contribution in [3.8, 4) is 0 Å². The lowest BCUT2D eigenvalue weighted by Gasteiger charge is -2.27. The van der Waals surface area contributed by atoms with E-state index in [4.69, 9.17) is 4.74 Å². The topological polar surface area (TPSA) is 12.5 Å². The molecule has 2 heteroatoms. The quantitative estimate of drug-likeness (QED) is 0.572. The zero-order valence-electron chi connectivity index (χ0n) is 9.18. The van der Waals surface area contributed by atoms with Crippen LogP contribution in [0.25, 0.3) is 0 Å². The van der Waals surface area contributed by atoms with Crippen molar-refractivity contribution in [3.05, 3.63) is 0 Å². The van der Waals surface area contributed by atoms with Gasteiger partial charge in [0.1, 0.15) is 0 Å². The third-order valence-electron chi connectivity index (χ3n) is 2.38. The summed E-state index contributed by atoms with van der Waals surface area (Å²) in [7, 11) is 0. The van der Waals surface area contributed by atoms with Crippen LogP contribution in [0.3, 0.4) is 0 Å². The zero-order valence-corrected chi connectivity index (χ0v) is 9.18. The van der Waals surface area contributed by atoms with E-state index in [1.54, 1.807) is 0 Å². The molecule has 0 saturated heterocycles. The van der Waals surface area contributed by atoms with E-state index in [0.717, 1.165) is 26.2 Å². The van der Waals surface area contributed by atoms with E-state index in [0.29, 0.717) is 0 Å². The third-order valence-corrected chi connectivity index (χ3v) is 2.38. The zero-order chi connectivity index (χ0) is 9.61. The van der Waals surface area contributed by atoms with Gasteiger partial charge in [0.2, 0.25) is 0 Å². The van der Waals surface area contributed by atoms with E-state index < -0.39 is 0 Å². The smallest absolute Gasteiger partial charge is 0.0997 e. The Bertz CT molecular complexity index is 108. The number of ether oxygens (including phenoxy) is 1. The van der Waals surface area contributed by atoms with Crippen molar-refractivity contribution < 1.29 is 4.74 Å². The number of hydrogen-bond donors (Lipinski definition) is 0. The van der Waals surface area contributed by atoms with Gasteiger partial charge in [-0.15, -0.1) is 0 Å². The highest BCUT2D eigenvalue weighted by molar-refractivity contribution is 4.64. The average Bonchev–Trinajstić information content (AvgIpc) is 2.06. The summed E-state index contributed by atoms with van der Waals surface area (Å²) in [5, 5.41) is 0. The molecule has 0 atom stereocenters. The van der Waals surface area contributed by atoms with Gasteiger partial charge in [-0.3, -0.25) is 4.90 Å². The fraction of sp³-hybridized carbons (Fsp3) is 1.00. The molecule has 0 aromatic heterocycles. The van der Waals surface area contributed by atoms with Gasteiger partial charge in [-0.1, -0.05) is 20.8 Å². The van der Waals surface area contributed by atoms with Crippen LogP contribution in [0.4, 0.5) is 0 Å². The van der Waals surface area contributed by atoms with Gasteiger partial charge in [0, 0.05) is 0 Å². The molecule has 0 bridgehead atoms. The first kappa shape index (κ1) is 11.9. The number of rotatable bonds is 6. The molecule has 0 spiro atoms. The second kappa shape index (κ2) is 5.55. The highest BCUT2D eigenvalue weighted by atomic mass is 16.5. The van der Waals surface area contributed by atoms with E-state index in [-0.39, 0.29) is 5.60 Å². The summed E-state index contributed by atoms with van der Waals surface area (Å²) in [5.41, 5.74) is 0.0303. The molecule has 0 amide bonds. The molecule has 0 radical (unpaired) electrons. The second-order valence-corrected chi connectivity index (χ2v) is 3.69. The van der Waals surface area contributed by atoms with Gasteiger partial charge in [-0.05, 0) is 33.4 Å². The van der Waals surface area contributed by atoms with Gasteiger partial charge in [0.25, 0.3) is 0 Å². The van der Waals surface area contributed by atoms with Crippen molar-refractivity contribution in [1.29, 1.82) is 0 Å². The highest BCUT2D eigenvalue weighted by Crippen LogP contribution is 2.13. The van der Waals surface area contributed by atoms with Crippen molar-refractivity contribution in [2.45, 2.75) is 46.6 Å². The SMILES string of the molecule is CCN(CC)COC(C)(C)CC. The van der Waals surface area contributed by atoms with Crippen molar-refractivity contribution in [2.75, 3.05) is 19.8 Å². The summed E-state index contributed by atoms with van der Waals surface area (Å²) >= 11 is 0. The lowest BCUT2D eigenvalue weighted by Crippen LogP contribution is -2.33. The predicted molar refractivity (Wildman–Crippen MR) is 53.2 cm³/mol. The van der Waals surface area contributed by atoms with Crippen molar-refractivity contribution in [1.82, 2.24) is 4.90 Å². The number of nitrogens with zero attached hydrogens (tertiary/aromatic N) is 1. The lowest BCUT2D eigenvalue weighted by molar-refractivity contribution is -0.0728. The maximum atomic E-state index is 5.75. The van der Waals surface area contributed by atoms with Gasteiger partial charge >= 0.3 is 0 Å². The van der Waals surface area contributed by atoms with Crippen molar-refractivity contribution in [3.63, 3.8) is 0 Å². The summed E-state index contributed by atoms with van der Waals surface area (Å²) in [6.07, 6.45) is 1.06. The predicted octanol–water partition coefficient (Wildman–Crippen LogP) is 2.49. The fourth-order valence-electron chi connectivity index (χ4n) is 0.774. The highest BCUT2D eigenvalue weighted by Gasteiger charge is 2.15. The molecule has 0 saturated carbocycles. The molecule has 74 valence electrons. The first-order valence-electron chi connectivity index (χ1n) is 4.92. The number of hydrogen-bond acceptors (Lipinski definition) is 2. The van der Waals surface area contributed by atoms with Crippen LogP contribution in [-0.2, 0) is 4.74 Å². The summed E-state index contributed by atoms with van der Waals surface area (Å²) in [5.74, 6) is 0. The van der Waals surface area contributed by atoms with Gasteiger partial charge < -0.3 is 4.74 Å². The summed E-state index contributed by atoms with van der Waals surface area (Å²) in [6, 6.07) is 0. The molecular formula is C10H23NO. The standard InChI is InChI=1S/C10H23NO/c1-6-10(4,5)12-9-11(7-2)8-3/h6-9H2,1-5H3. The van der Waals surface area contributed by atoms with E-state index in [2.05, 4.69) is 39.5 Å². The van der Waals surface area contributed by atoms with Gasteiger partial charge in [-0.2, -0.15) is 0 Å². The van der Waals surface area contributed by atoms with Gasteiger partial charge in [0.15, 0.2) is 0 Å². The first-order chi connectivity index (χ1) is 5.55. The Morgan fingerprint density at radius 2 is 1.58 bits per heavy atom. The van der Waals surface area contributed by atoms with Crippen LogP contribution >= 0.6 is 0 Å². The average molecular weight is 173 g/mol. The Balaban J connectivity index is 3.65. The summed E-state index contributed by atoms with van der Waals surface area (Å²) in [4.78, 5) is 2.28. The summed E-state index contributed by atoms with van der Waals surface area (Å²) < 4.78 is 5.75. The van der Waals surface area contributed by atoms with Gasteiger partial charge in [-0.25, -0.2) is 0 Å². The Kier molecular flexibility index (Phi) is 5.51. The van der Waals surface area contributed by atoms with E-state index in [1.807, 2.05) is 0 Å². The molecule has 0 aromatic rings. The maximum Gasteiger partial charge on any atom is 0.0997 e. The van der Waals surface area contributed by atoms with Crippen molar-refractivity contribution in [2.24, 2.45) is 0 Å². The van der Waals surface area contributed by atoms with Crippen LogP contribution < -0.4 is 0 Å². The summed E-state index contributed by atoms with van der Waals surface area (Å²) in [6.45, 7) is 13.6. The van der Waals surface area contributed by atoms with Crippen molar-refractivity contribution >= 4 is 0 Å². The molecule has 0 unspecified atom stereocenters. The van der Waals surface area contributed by atoms with E-state index >= 15 is 0 Å². The largest absolute Gasteiger partial charge is 0.360 e. The fourth-order valence-corrected chi connectivity index (χ4v) is 0.774. The monoisotopic (exact) mass is 173 g/mol. The Hall–Kier alpha value is -0.0800. The minimum absolute atomic E-state index is 0.0303. The first-order valence-corrected chi connectivity index (χ1v) is 4.92. The molecule has 0 aliphatic carbocycles. The molecule has 12 heavy (non-hydrogen) atoms. The molecule has 2 nitrogen and oxygen atoms in total. The molecule has 0 heterocycles. The van der Waals surface area contributed by atoms with Crippen LogP contribution in [0.5, 0.6) is 0 Å². The molecule has 0 aliphatic rings. The van der Waals surface area contributed by atoms with Crippen LogP contribution in [0.2, 0.25) is 0 Å². The Morgan fingerprint density at radius 3 is 1.92 bits per heavy atom. The minimum atomic E-state index is 0.0303. The van der Waals surface area contributed by atoms with E-state index in [9.17, 15) is 0 Å². The second-order valence-electron chi connectivity index (χ2n) is 3.69. The molecular weight excluding hydrogens is 150 g/mol. The van der Waals surface area contributed by atoms with E-state index in [1.165, 1.54) is 0 Å². The Labute approximate surface area is 76.9 Å². The molecule has 0 N–H and O–H groups in total. The van der Waals surface area contributed by atoms with Crippen LogP contribution in [-0.4, -0.2) is 30.3 Å². The molecule has 0 aromatic carbocycles. The molecule has 0 fully saturated rings. The molecule has 0 aliphatic heterocycles. The Morgan fingerprint density at radius 1 is 1.08 bits per heavy atom. The third kappa shape index (κ3) is 4.73. The van der Waals surface area contributed by atoms with Crippen LogP contribution in [0.1, 0.15) is 41.0 Å². The lowest BCUT2D eigenvalue weighted by atomic mass is 10.1. The van der Waals surface area contributed by atoms with Gasteiger partial charge in [0.05, 0.1) is 12.3 Å². The molecule has 0 rings (SSSR count). The normalized spacial score (nSPS) is 12.5. The van der Waals surface area contributed by atoms with Crippen LogP contribution in [0.15, 0.2) is 0 Å².